The Morgan fingerprint density at radius 3 is 2.41 bits per heavy atom. The molecule has 2 N–H and O–H groups in total. The maximum absolute atomic E-state index is 12.4. The van der Waals surface area contributed by atoms with Crippen LogP contribution in [0.15, 0.2) is 35.3 Å². The van der Waals surface area contributed by atoms with Gasteiger partial charge in [0, 0.05) is 37.2 Å². The van der Waals surface area contributed by atoms with Gasteiger partial charge < -0.3 is 20.1 Å². The number of likely N-dealkylation sites (N-methyl/N-ethyl adjacent to an activating group) is 2. The smallest absolute Gasteiger partial charge is 0.257 e. The van der Waals surface area contributed by atoms with Gasteiger partial charge in [0.15, 0.2) is 0 Å². The maximum atomic E-state index is 12.4. The summed E-state index contributed by atoms with van der Waals surface area (Å²) in [6.45, 7) is 4.51. The SMILES string of the molecule is CCN(CC)C(=O)CN(C)C(=O)CNC(=O)c1c[nH]c2ccccc2c1=O. The number of nitrogens with one attached hydrogen (secondary N) is 2. The molecule has 8 heteroatoms. The number of para-hydroxylation sites is 1. The van der Waals surface area contributed by atoms with E-state index in [4.69, 9.17) is 0 Å². The number of hydrogen-bond donors (Lipinski definition) is 2. The molecule has 0 saturated carbocycles. The highest BCUT2D eigenvalue weighted by atomic mass is 16.2. The number of nitrogens with zero attached hydrogens (tertiary/aromatic N) is 2. The number of H-pyrrole nitrogens is 1. The van der Waals surface area contributed by atoms with Crippen molar-refractivity contribution in [3.63, 3.8) is 0 Å². The third kappa shape index (κ3) is 4.72. The van der Waals surface area contributed by atoms with Crippen LogP contribution >= 0.6 is 0 Å². The van der Waals surface area contributed by atoms with Crippen molar-refractivity contribution in [1.29, 1.82) is 0 Å². The molecule has 8 nitrogen and oxygen atoms in total. The van der Waals surface area contributed by atoms with Crippen LogP contribution in [-0.4, -0.2) is 65.7 Å². The first-order valence-corrected chi connectivity index (χ1v) is 8.79. The summed E-state index contributed by atoms with van der Waals surface area (Å²) in [4.78, 5) is 54.7. The Hall–Kier alpha value is -3.16. The van der Waals surface area contributed by atoms with Crippen LogP contribution in [0.4, 0.5) is 0 Å². The summed E-state index contributed by atoms with van der Waals surface area (Å²) in [5, 5.41) is 2.84. The third-order valence-corrected chi connectivity index (χ3v) is 4.35. The number of amides is 3. The first-order chi connectivity index (χ1) is 12.9. The van der Waals surface area contributed by atoms with E-state index >= 15 is 0 Å². The van der Waals surface area contributed by atoms with Gasteiger partial charge in [-0.25, -0.2) is 0 Å². The molecule has 0 saturated heterocycles. The van der Waals surface area contributed by atoms with Crippen LogP contribution in [0.2, 0.25) is 0 Å². The standard InChI is InChI=1S/C19H24N4O4/c1-4-23(5-2)17(25)12-22(3)16(24)11-21-19(27)14-10-20-15-9-7-6-8-13(15)18(14)26/h6-10H,4-5,11-12H2,1-3H3,(H,20,26)(H,21,27). The molecule has 0 aliphatic rings. The Kier molecular flexibility index (Phi) is 6.70. The second-order valence-corrected chi connectivity index (χ2v) is 6.08. The average Bonchev–Trinajstić information content (AvgIpc) is 2.67. The number of aromatic nitrogens is 1. The molecule has 1 heterocycles. The van der Waals surface area contributed by atoms with Gasteiger partial charge in [-0.15, -0.1) is 0 Å². The van der Waals surface area contributed by atoms with Crippen LogP contribution in [0.3, 0.4) is 0 Å². The molecule has 0 atom stereocenters. The number of carbonyl (C=O) groups excluding carboxylic acids is 3. The summed E-state index contributed by atoms with van der Waals surface area (Å²) in [5.74, 6) is -1.21. The Morgan fingerprint density at radius 1 is 1.07 bits per heavy atom. The molecule has 0 aliphatic heterocycles. The molecule has 0 aliphatic carbocycles. The van der Waals surface area contributed by atoms with Gasteiger partial charge in [0.1, 0.15) is 5.56 Å². The van der Waals surface area contributed by atoms with Gasteiger partial charge in [0.05, 0.1) is 13.1 Å². The zero-order valence-electron chi connectivity index (χ0n) is 15.7. The molecule has 1 aromatic heterocycles. The monoisotopic (exact) mass is 372 g/mol. The summed E-state index contributed by atoms with van der Waals surface area (Å²) in [6.07, 6.45) is 1.33. The zero-order valence-corrected chi connectivity index (χ0v) is 15.7. The van der Waals surface area contributed by atoms with Crippen LogP contribution in [0.5, 0.6) is 0 Å². The zero-order chi connectivity index (χ0) is 20.0. The second kappa shape index (κ2) is 8.98. The highest BCUT2D eigenvalue weighted by Gasteiger charge is 2.18. The number of carbonyl (C=O) groups is 3. The number of rotatable bonds is 7. The summed E-state index contributed by atoms with van der Waals surface area (Å²) in [6, 6.07) is 6.86. The van der Waals surface area contributed by atoms with Crippen LogP contribution in [0.1, 0.15) is 24.2 Å². The van der Waals surface area contributed by atoms with Gasteiger partial charge in [-0.3, -0.25) is 19.2 Å². The fraction of sp³-hybridized carbons (Fsp3) is 0.368. The van der Waals surface area contributed by atoms with Crippen molar-refractivity contribution < 1.29 is 14.4 Å². The van der Waals surface area contributed by atoms with Crippen LogP contribution in [0.25, 0.3) is 10.9 Å². The van der Waals surface area contributed by atoms with E-state index < -0.39 is 17.2 Å². The largest absolute Gasteiger partial charge is 0.360 e. The number of hydrogen-bond acceptors (Lipinski definition) is 4. The van der Waals surface area contributed by atoms with E-state index in [-0.39, 0.29) is 24.6 Å². The molecule has 1 aromatic carbocycles. The average molecular weight is 372 g/mol. The van der Waals surface area contributed by atoms with Crippen molar-refractivity contribution >= 4 is 28.6 Å². The van der Waals surface area contributed by atoms with Crippen molar-refractivity contribution in [3.05, 3.63) is 46.2 Å². The molecule has 0 unspecified atom stereocenters. The van der Waals surface area contributed by atoms with E-state index in [0.717, 1.165) is 0 Å². The lowest BCUT2D eigenvalue weighted by molar-refractivity contribution is -0.138. The molecule has 0 spiro atoms. The molecule has 3 amide bonds. The predicted octanol–water partition coefficient (Wildman–Crippen LogP) is 0.585. The van der Waals surface area contributed by atoms with Gasteiger partial charge in [0.2, 0.25) is 17.2 Å². The van der Waals surface area contributed by atoms with Gasteiger partial charge in [-0.2, -0.15) is 0 Å². The highest BCUT2D eigenvalue weighted by Crippen LogP contribution is 2.06. The van der Waals surface area contributed by atoms with E-state index in [1.54, 1.807) is 29.2 Å². The lowest BCUT2D eigenvalue weighted by Crippen LogP contribution is -2.44. The molecule has 27 heavy (non-hydrogen) atoms. The number of pyridine rings is 1. The van der Waals surface area contributed by atoms with Crippen molar-refractivity contribution in [2.45, 2.75) is 13.8 Å². The van der Waals surface area contributed by atoms with Crippen LogP contribution in [0, 0.1) is 0 Å². The fourth-order valence-corrected chi connectivity index (χ4v) is 2.69. The summed E-state index contributed by atoms with van der Waals surface area (Å²) >= 11 is 0. The molecule has 0 bridgehead atoms. The molecular weight excluding hydrogens is 348 g/mol. The Balaban J connectivity index is 1.99. The molecule has 0 fully saturated rings. The Labute approximate surface area is 157 Å². The van der Waals surface area contributed by atoms with Crippen molar-refractivity contribution in [3.8, 4) is 0 Å². The fourth-order valence-electron chi connectivity index (χ4n) is 2.69. The van der Waals surface area contributed by atoms with E-state index in [9.17, 15) is 19.2 Å². The lowest BCUT2D eigenvalue weighted by atomic mass is 10.1. The summed E-state index contributed by atoms with van der Waals surface area (Å²) < 4.78 is 0. The number of fused-ring (bicyclic) bond motifs is 1. The lowest BCUT2D eigenvalue weighted by Gasteiger charge is -2.23. The van der Waals surface area contributed by atoms with E-state index in [1.807, 2.05) is 13.8 Å². The minimum absolute atomic E-state index is 0.0626. The van der Waals surface area contributed by atoms with Gasteiger partial charge >= 0.3 is 0 Å². The topological polar surface area (TPSA) is 103 Å². The van der Waals surface area contributed by atoms with E-state index in [0.29, 0.717) is 24.0 Å². The van der Waals surface area contributed by atoms with Gasteiger partial charge in [-0.05, 0) is 26.0 Å². The summed E-state index contributed by atoms with van der Waals surface area (Å²) in [7, 11) is 1.50. The Bertz CT molecular complexity index is 902. The third-order valence-electron chi connectivity index (χ3n) is 4.35. The van der Waals surface area contributed by atoms with Crippen molar-refractivity contribution in [2.24, 2.45) is 0 Å². The molecule has 2 rings (SSSR count). The van der Waals surface area contributed by atoms with Gasteiger partial charge in [-0.1, -0.05) is 12.1 Å². The summed E-state index contributed by atoms with van der Waals surface area (Å²) in [5.41, 5.74) is 0.160. The normalized spacial score (nSPS) is 10.5. The minimum atomic E-state index is -0.640. The van der Waals surface area contributed by atoms with E-state index in [1.165, 1.54) is 18.1 Å². The molecule has 2 aromatic rings. The van der Waals surface area contributed by atoms with E-state index in [2.05, 4.69) is 10.3 Å². The van der Waals surface area contributed by atoms with Crippen molar-refractivity contribution in [1.82, 2.24) is 20.1 Å². The highest BCUT2D eigenvalue weighted by molar-refractivity contribution is 5.99. The number of aromatic amines is 1. The maximum Gasteiger partial charge on any atom is 0.257 e. The molecular formula is C19H24N4O4. The first kappa shape index (κ1) is 20.2. The van der Waals surface area contributed by atoms with Crippen LogP contribution < -0.4 is 10.7 Å². The molecule has 144 valence electrons. The Morgan fingerprint density at radius 2 is 1.74 bits per heavy atom. The first-order valence-electron chi connectivity index (χ1n) is 8.79. The number of benzene rings is 1. The quantitative estimate of drug-likeness (QED) is 0.742. The predicted molar refractivity (Wildman–Crippen MR) is 102 cm³/mol. The van der Waals surface area contributed by atoms with Crippen molar-refractivity contribution in [2.75, 3.05) is 33.2 Å². The van der Waals surface area contributed by atoms with Crippen LogP contribution in [-0.2, 0) is 9.59 Å². The molecule has 0 radical (unpaired) electrons. The second-order valence-electron chi connectivity index (χ2n) is 6.08. The minimum Gasteiger partial charge on any atom is -0.360 e. The van der Waals surface area contributed by atoms with Gasteiger partial charge in [0.25, 0.3) is 5.91 Å².